The van der Waals surface area contributed by atoms with E-state index in [0.29, 0.717) is 18.9 Å². The van der Waals surface area contributed by atoms with E-state index in [2.05, 4.69) is 15.5 Å². The first kappa shape index (κ1) is 25.0. The van der Waals surface area contributed by atoms with Gasteiger partial charge in [0.05, 0.1) is 6.20 Å². The molecule has 1 aromatic heterocycles. The van der Waals surface area contributed by atoms with Crippen molar-refractivity contribution in [1.29, 1.82) is 0 Å². The highest BCUT2D eigenvalue weighted by Crippen LogP contribution is 2.40. The van der Waals surface area contributed by atoms with Crippen LogP contribution in [0.2, 0.25) is 0 Å². The predicted octanol–water partition coefficient (Wildman–Crippen LogP) is 5.34. The molecule has 8 nitrogen and oxygen atoms in total. The molecule has 1 fully saturated rings. The maximum Gasteiger partial charge on any atom is 0.410 e. The van der Waals surface area contributed by atoms with Gasteiger partial charge in [0, 0.05) is 62.2 Å². The van der Waals surface area contributed by atoms with Crippen LogP contribution >= 0.6 is 0 Å². The number of benzene rings is 2. The first-order valence-corrected chi connectivity index (χ1v) is 12.6. The number of aromatic nitrogens is 2. The van der Waals surface area contributed by atoms with Crippen molar-refractivity contribution in [2.24, 2.45) is 4.99 Å². The topological polar surface area (TPSA) is 85.9 Å². The summed E-state index contributed by atoms with van der Waals surface area (Å²) in [5, 5.41) is 9.72. The number of carbonyl (C=O) groups is 1. The number of carbonyl (C=O) groups excluding carboxylic acids is 1. The summed E-state index contributed by atoms with van der Waals surface area (Å²) in [6, 6.07) is 13.4. The minimum absolute atomic E-state index is 0.294. The van der Waals surface area contributed by atoms with Gasteiger partial charge in [-0.05, 0) is 41.8 Å². The molecule has 1 amide bonds. The Morgan fingerprint density at radius 1 is 1.08 bits per heavy atom. The van der Waals surface area contributed by atoms with Crippen LogP contribution in [0.5, 0.6) is 0 Å². The van der Waals surface area contributed by atoms with Gasteiger partial charge >= 0.3 is 6.09 Å². The van der Waals surface area contributed by atoms with Crippen LogP contribution in [0, 0.1) is 0 Å². The van der Waals surface area contributed by atoms with Gasteiger partial charge in [0.1, 0.15) is 11.9 Å². The van der Waals surface area contributed by atoms with Gasteiger partial charge < -0.3 is 15.0 Å². The summed E-state index contributed by atoms with van der Waals surface area (Å²) in [6.07, 6.45) is 2.65. The maximum absolute atomic E-state index is 15.2. The van der Waals surface area contributed by atoms with Crippen molar-refractivity contribution < 1.29 is 22.7 Å². The molecule has 2 aliphatic heterocycles. The fourth-order valence-electron chi connectivity index (χ4n) is 5.07. The van der Waals surface area contributed by atoms with Crippen LogP contribution in [0.3, 0.4) is 0 Å². The highest BCUT2D eigenvalue weighted by molar-refractivity contribution is 6.01. The van der Waals surface area contributed by atoms with Gasteiger partial charge in [0.2, 0.25) is 0 Å². The lowest BCUT2D eigenvalue weighted by molar-refractivity contribution is -0.148. The van der Waals surface area contributed by atoms with Gasteiger partial charge in [-0.25, -0.2) is 23.0 Å². The second-order valence-corrected chi connectivity index (χ2v) is 10.3. The summed E-state index contributed by atoms with van der Waals surface area (Å²) in [5.74, 6) is -2.70. The van der Waals surface area contributed by atoms with Gasteiger partial charge in [0.25, 0.3) is 5.92 Å². The molecule has 3 aliphatic rings. The highest BCUT2D eigenvalue weighted by atomic mass is 19.3. The average Bonchev–Trinajstić information content (AvgIpc) is 3.59. The van der Waals surface area contributed by atoms with Gasteiger partial charge in [-0.3, -0.25) is 10.00 Å². The Labute approximate surface area is 223 Å². The Bertz CT molecular complexity index is 1460. The fourth-order valence-corrected chi connectivity index (χ4v) is 5.07. The Morgan fingerprint density at radius 2 is 1.79 bits per heavy atom. The van der Waals surface area contributed by atoms with Crippen molar-refractivity contribution in [3.05, 3.63) is 83.6 Å². The van der Waals surface area contributed by atoms with Crippen molar-refractivity contribution in [2.75, 3.05) is 11.9 Å². The zero-order valence-corrected chi connectivity index (χ0v) is 21.4. The molecule has 1 atom stereocenters. The lowest BCUT2D eigenvalue weighted by atomic mass is 9.91. The smallest absolute Gasteiger partial charge is 0.410 e. The highest BCUT2D eigenvalue weighted by Gasteiger charge is 2.48. The third kappa shape index (κ3) is 4.62. The van der Waals surface area contributed by atoms with Crippen molar-refractivity contribution in [3.63, 3.8) is 0 Å². The summed E-state index contributed by atoms with van der Waals surface area (Å²) in [5.41, 5.74) is 4.00. The quantitative estimate of drug-likeness (QED) is 0.460. The van der Waals surface area contributed by atoms with Gasteiger partial charge in [-0.2, -0.15) is 5.10 Å². The summed E-state index contributed by atoms with van der Waals surface area (Å²) in [7, 11) is 1.79. The Balaban J connectivity index is 1.18. The van der Waals surface area contributed by atoms with E-state index >= 15 is 4.39 Å². The first-order valence-electron chi connectivity index (χ1n) is 12.6. The molecular weight excluding hydrogens is 509 g/mol. The van der Waals surface area contributed by atoms with Crippen LogP contribution in [0.1, 0.15) is 36.5 Å². The largest absolute Gasteiger partial charge is 0.446 e. The molecule has 0 radical (unpaired) electrons. The molecule has 1 unspecified atom stereocenters. The number of amidine groups is 1. The van der Waals surface area contributed by atoms with Crippen molar-refractivity contribution >= 4 is 17.6 Å². The van der Waals surface area contributed by atoms with Crippen molar-refractivity contribution in [2.45, 2.75) is 50.5 Å². The second kappa shape index (κ2) is 9.18. The molecule has 1 saturated carbocycles. The molecule has 6 rings (SSSR count). The van der Waals surface area contributed by atoms with E-state index in [-0.39, 0.29) is 0 Å². The van der Waals surface area contributed by atoms with Gasteiger partial charge in [-0.1, -0.05) is 24.3 Å². The maximum atomic E-state index is 15.2. The summed E-state index contributed by atoms with van der Waals surface area (Å²) in [6.45, 7) is 2.34. The molecule has 2 aromatic carbocycles. The molecule has 11 heteroatoms. The molecule has 0 saturated heterocycles. The lowest BCUT2D eigenvalue weighted by Crippen LogP contribution is -2.47. The van der Waals surface area contributed by atoms with Gasteiger partial charge in [0.15, 0.2) is 11.5 Å². The van der Waals surface area contributed by atoms with E-state index in [4.69, 9.17) is 9.73 Å². The van der Waals surface area contributed by atoms with Gasteiger partial charge in [-0.15, -0.1) is 0 Å². The SMILES string of the molecule is CN(c1ccc(-c2cn[nH]c2)cc1)C1(C)N=C(c2ccc3c(c2)CN(C(=O)OC2CC(F)(F)C2)C3)NC=C1F. The number of alkyl halides is 2. The Morgan fingerprint density at radius 3 is 2.49 bits per heavy atom. The summed E-state index contributed by atoms with van der Waals surface area (Å²) < 4.78 is 46.7. The lowest BCUT2D eigenvalue weighted by Gasteiger charge is -2.38. The number of likely N-dealkylation sites (N-methyl/N-ethyl adjacent to an activating group) is 1. The molecule has 202 valence electrons. The second-order valence-electron chi connectivity index (χ2n) is 10.3. The summed E-state index contributed by atoms with van der Waals surface area (Å²) in [4.78, 5) is 20.5. The number of rotatable bonds is 5. The number of aromatic amines is 1. The van der Waals surface area contributed by atoms with E-state index in [1.54, 1.807) is 31.3 Å². The molecular formula is C28H27F3N6O2. The van der Waals surface area contributed by atoms with E-state index in [1.807, 2.05) is 42.5 Å². The van der Waals surface area contributed by atoms with E-state index in [0.717, 1.165) is 33.5 Å². The molecule has 39 heavy (non-hydrogen) atoms. The van der Waals surface area contributed by atoms with E-state index in [1.165, 1.54) is 11.1 Å². The van der Waals surface area contributed by atoms with Crippen LogP contribution in [0.15, 0.2) is 71.9 Å². The number of aliphatic imine (C=N–C) groups is 1. The third-order valence-corrected chi connectivity index (χ3v) is 7.64. The Hall–Kier alpha value is -4.28. The van der Waals surface area contributed by atoms with E-state index in [9.17, 15) is 13.6 Å². The molecule has 0 bridgehead atoms. The standard InChI is InChI=1S/C28H27F3N6O2/c1-27(36(2)22-7-5-17(6-8-22)21-12-33-34-13-21)24(29)14-32-25(35-27)18-3-4-19-15-37(16-20(19)9-18)26(38)39-23-10-28(30,31)11-23/h3-9,12-14,23H,10-11,15-16H2,1-2H3,(H,32,35)(H,33,34). The number of nitrogens with zero attached hydrogens (tertiary/aromatic N) is 4. The molecule has 2 N–H and O–H groups in total. The van der Waals surface area contributed by atoms with Crippen LogP contribution in [0.4, 0.5) is 23.7 Å². The number of nitrogens with one attached hydrogen (secondary N) is 2. The number of amides is 1. The van der Waals surface area contributed by atoms with Crippen molar-refractivity contribution in [3.8, 4) is 11.1 Å². The number of halogens is 3. The molecule has 0 spiro atoms. The average molecular weight is 537 g/mol. The number of hydrogen-bond donors (Lipinski definition) is 2. The zero-order valence-electron chi connectivity index (χ0n) is 21.4. The predicted molar refractivity (Wildman–Crippen MR) is 140 cm³/mol. The fraction of sp³-hybridized carbons (Fsp3) is 0.321. The number of ether oxygens (including phenoxy) is 1. The van der Waals surface area contributed by atoms with E-state index < -0.39 is 42.5 Å². The molecule has 3 heterocycles. The Kier molecular flexibility index (Phi) is 5.89. The third-order valence-electron chi connectivity index (χ3n) is 7.64. The van der Waals surface area contributed by atoms with Crippen LogP contribution in [0.25, 0.3) is 11.1 Å². The number of hydrogen-bond acceptors (Lipinski definition) is 6. The normalized spacial score (nSPS) is 21.8. The summed E-state index contributed by atoms with van der Waals surface area (Å²) >= 11 is 0. The number of fused-ring (bicyclic) bond motifs is 1. The van der Waals surface area contributed by atoms with Crippen LogP contribution < -0.4 is 10.2 Å². The zero-order chi connectivity index (χ0) is 27.4. The molecule has 3 aromatic rings. The molecule has 1 aliphatic carbocycles. The van der Waals surface area contributed by atoms with Crippen LogP contribution in [-0.2, 0) is 17.8 Å². The minimum Gasteiger partial charge on any atom is -0.446 e. The van der Waals surface area contributed by atoms with Crippen LogP contribution in [-0.4, -0.2) is 51.8 Å². The first-order chi connectivity index (χ1) is 18.6. The van der Waals surface area contributed by atoms with Crippen molar-refractivity contribution in [1.82, 2.24) is 20.4 Å². The monoisotopic (exact) mass is 536 g/mol. The number of anilines is 1. The number of H-pyrrole nitrogens is 1. The minimum atomic E-state index is -2.75.